The van der Waals surface area contributed by atoms with E-state index in [1.807, 2.05) is 4.90 Å². The molecular weight excluding hydrogens is 294 g/mol. The molecule has 2 bridgehead atoms. The molecule has 0 spiro atoms. The quantitative estimate of drug-likeness (QED) is 0.671. The van der Waals surface area contributed by atoms with Crippen LogP contribution in [-0.2, 0) is 0 Å². The lowest BCUT2D eigenvalue weighted by Gasteiger charge is -2.28. The highest BCUT2D eigenvalue weighted by atomic mass is 35.5. The fraction of sp³-hybridized carbons (Fsp3) is 0.500. The van der Waals surface area contributed by atoms with Crippen LogP contribution in [0.1, 0.15) is 29.6 Å². The summed E-state index contributed by atoms with van der Waals surface area (Å²) in [5.41, 5.74) is 0.152. The molecule has 1 aromatic carbocycles. The van der Waals surface area contributed by atoms with Crippen molar-refractivity contribution in [2.75, 3.05) is 13.1 Å². The molecule has 2 unspecified atom stereocenters. The van der Waals surface area contributed by atoms with Crippen LogP contribution in [0.2, 0.25) is 5.02 Å². The molecule has 112 valence electrons. The first-order chi connectivity index (χ1) is 10.1. The van der Waals surface area contributed by atoms with Crippen LogP contribution in [0.3, 0.4) is 0 Å². The number of nitrogens with one attached hydrogen (secondary N) is 1. The van der Waals surface area contributed by atoms with Gasteiger partial charge >= 0.3 is 0 Å². The molecule has 2 atom stereocenters. The zero-order valence-electron chi connectivity index (χ0n) is 11.4. The Morgan fingerprint density at radius 1 is 1.29 bits per heavy atom. The van der Waals surface area contributed by atoms with Crippen molar-refractivity contribution >= 4 is 23.2 Å². The van der Waals surface area contributed by atoms with E-state index in [1.165, 1.54) is 18.2 Å². The number of non-ortho nitro benzene ring substituents is 1. The maximum atomic E-state index is 12.8. The van der Waals surface area contributed by atoms with E-state index in [0.29, 0.717) is 5.56 Å². The fourth-order valence-electron chi connectivity index (χ4n) is 3.27. The van der Waals surface area contributed by atoms with Gasteiger partial charge in [0.05, 0.1) is 4.92 Å². The Morgan fingerprint density at radius 3 is 2.81 bits per heavy atom. The van der Waals surface area contributed by atoms with Crippen molar-refractivity contribution in [1.82, 2.24) is 10.2 Å². The van der Waals surface area contributed by atoms with Gasteiger partial charge in [-0.3, -0.25) is 14.9 Å². The van der Waals surface area contributed by atoms with Crippen LogP contribution >= 0.6 is 11.6 Å². The number of fused-ring (bicyclic) bond motifs is 2. The average Bonchev–Trinajstić information content (AvgIpc) is 2.70. The van der Waals surface area contributed by atoms with Gasteiger partial charge in [0.25, 0.3) is 11.6 Å². The topological polar surface area (TPSA) is 75.5 Å². The lowest BCUT2D eigenvalue weighted by atomic mass is 10.1. The third-order valence-corrected chi connectivity index (χ3v) is 4.45. The highest BCUT2D eigenvalue weighted by molar-refractivity contribution is 6.31. The van der Waals surface area contributed by atoms with E-state index in [4.69, 9.17) is 11.6 Å². The summed E-state index contributed by atoms with van der Waals surface area (Å²) in [5.74, 6) is -0.156. The number of halogens is 1. The monoisotopic (exact) mass is 309 g/mol. The van der Waals surface area contributed by atoms with Gasteiger partial charge in [-0.15, -0.1) is 0 Å². The number of nitro benzene ring substituents is 1. The second-order valence-electron chi connectivity index (χ2n) is 5.55. The summed E-state index contributed by atoms with van der Waals surface area (Å²) in [4.78, 5) is 25.0. The normalized spacial score (nSPS) is 24.7. The molecule has 7 heteroatoms. The number of benzene rings is 1. The van der Waals surface area contributed by atoms with Crippen LogP contribution in [0.25, 0.3) is 0 Å². The minimum atomic E-state index is -0.527. The van der Waals surface area contributed by atoms with Gasteiger partial charge in [0.15, 0.2) is 0 Å². The molecule has 2 aliphatic rings. The third kappa shape index (κ3) is 2.73. The van der Waals surface area contributed by atoms with Crippen molar-refractivity contribution in [1.29, 1.82) is 0 Å². The highest BCUT2D eigenvalue weighted by Gasteiger charge is 2.38. The van der Waals surface area contributed by atoms with Crippen molar-refractivity contribution in [2.24, 2.45) is 0 Å². The molecule has 1 aromatic rings. The van der Waals surface area contributed by atoms with Crippen LogP contribution in [0, 0.1) is 10.1 Å². The van der Waals surface area contributed by atoms with Gasteiger partial charge in [-0.2, -0.15) is 0 Å². The van der Waals surface area contributed by atoms with Crippen molar-refractivity contribution in [2.45, 2.75) is 31.3 Å². The molecule has 0 aromatic heterocycles. The molecule has 2 fully saturated rings. The summed E-state index contributed by atoms with van der Waals surface area (Å²) in [6.07, 6.45) is 2.90. The molecule has 2 saturated heterocycles. The van der Waals surface area contributed by atoms with E-state index in [0.717, 1.165) is 32.4 Å². The summed E-state index contributed by atoms with van der Waals surface area (Å²) in [7, 11) is 0. The summed E-state index contributed by atoms with van der Waals surface area (Å²) < 4.78 is 0. The van der Waals surface area contributed by atoms with Crippen LogP contribution in [-0.4, -0.2) is 40.9 Å². The molecule has 0 radical (unpaired) electrons. The summed E-state index contributed by atoms with van der Waals surface area (Å²) in [5, 5.41) is 14.5. The molecule has 6 nitrogen and oxygen atoms in total. The predicted octanol–water partition coefficient (Wildman–Crippen LogP) is 2.21. The van der Waals surface area contributed by atoms with Gasteiger partial charge < -0.3 is 10.2 Å². The summed E-state index contributed by atoms with van der Waals surface area (Å²) >= 11 is 5.91. The molecule has 2 heterocycles. The average molecular weight is 310 g/mol. The first-order valence-electron chi connectivity index (χ1n) is 7.04. The molecule has 0 aliphatic carbocycles. The smallest absolute Gasteiger partial charge is 0.271 e. The largest absolute Gasteiger partial charge is 0.331 e. The summed E-state index contributed by atoms with van der Waals surface area (Å²) in [6, 6.07) is 4.47. The first-order valence-corrected chi connectivity index (χ1v) is 7.42. The molecule has 3 rings (SSSR count). The summed E-state index contributed by atoms with van der Waals surface area (Å²) in [6.45, 7) is 1.69. The number of rotatable bonds is 2. The maximum Gasteiger partial charge on any atom is 0.271 e. The highest BCUT2D eigenvalue weighted by Crippen LogP contribution is 2.31. The van der Waals surface area contributed by atoms with Crippen molar-refractivity contribution < 1.29 is 9.72 Å². The van der Waals surface area contributed by atoms with Crippen molar-refractivity contribution in [3.8, 4) is 0 Å². The van der Waals surface area contributed by atoms with Gasteiger partial charge in [-0.1, -0.05) is 11.6 Å². The third-order valence-electron chi connectivity index (χ3n) is 4.23. The number of hydrogen-bond acceptors (Lipinski definition) is 4. The lowest BCUT2D eigenvalue weighted by Crippen LogP contribution is -2.42. The number of carbonyl (C=O) groups excluding carboxylic acids is 1. The zero-order valence-corrected chi connectivity index (χ0v) is 12.2. The number of nitro groups is 1. The molecular formula is C14H16ClN3O3. The Morgan fingerprint density at radius 2 is 2.05 bits per heavy atom. The van der Waals surface area contributed by atoms with Gasteiger partial charge in [0, 0.05) is 41.3 Å². The number of carbonyl (C=O) groups is 1. The van der Waals surface area contributed by atoms with E-state index in [1.54, 1.807) is 0 Å². The Bertz CT molecular complexity index is 579. The predicted molar refractivity (Wildman–Crippen MR) is 78.6 cm³/mol. The second-order valence-corrected chi connectivity index (χ2v) is 5.98. The zero-order chi connectivity index (χ0) is 15.0. The van der Waals surface area contributed by atoms with Crippen LogP contribution in [0.15, 0.2) is 18.2 Å². The number of amides is 1. The van der Waals surface area contributed by atoms with Crippen LogP contribution in [0.4, 0.5) is 5.69 Å². The van der Waals surface area contributed by atoms with Crippen molar-refractivity contribution in [3.63, 3.8) is 0 Å². The van der Waals surface area contributed by atoms with E-state index in [-0.39, 0.29) is 28.7 Å². The molecule has 1 N–H and O–H groups in total. The van der Waals surface area contributed by atoms with Gasteiger partial charge in [0.2, 0.25) is 0 Å². The second kappa shape index (κ2) is 5.61. The van der Waals surface area contributed by atoms with Gasteiger partial charge in [-0.25, -0.2) is 0 Å². The Hall–Kier alpha value is -1.66. The molecule has 2 aliphatic heterocycles. The number of nitrogens with zero attached hydrogens (tertiary/aromatic N) is 2. The minimum Gasteiger partial charge on any atom is -0.331 e. The van der Waals surface area contributed by atoms with Crippen LogP contribution in [0.5, 0.6) is 0 Å². The van der Waals surface area contributed by atoms with Crippen LogP contribution < -0.4 is 5.32 Å². The Kier molecular flexibility index (Phi) is 3.82. The standard InChI is InChI=1S/C14H16ClN3O3/c15-10-5-9(6-13(7-10)18(20)21)14(19)17-11-1-2-12(17)8-16-4-3-11/h5-7,11-12,16H,1-4,8H2. The van der Waals surface area contributed by atoms with E-state index < -0.39 is 4.92 Å². The SMILES string of the molecule is O=C(c1cc(Cl)cc([N+](=O)[O-])c1)N1C2CCNCC1CC2. The maximum absolute atomic E-state index is 12.8. The molecule has 0 saturated carbocycles. The van der Waals surface area contributed by atoms with Gasteiger partial charge in [-0.05, 0) is 31.9 Å². The number of hydrogen-bond donors (Lipinski definition) is 1. The van der Waals surface area contributed by atoms with E-state index >= 15 is 0 Å². The fourth-order valence-corrected chi connectivity index (χ4v) is 3.50. The van der Waals surface area contributed by atoms with Gasteiger partial charge in [0.1, 0.15) is 0 Å². The van der Waals surface area contributed by atoms with Crippen molar-refractivity contribution in [3.05, 3.63) is 38.9 Å². The minimum absolute atomic E-state index is 0.147. The lowest BCUT2D eigenvalue weighted by molar-refractivity contribution is -0.384. The first kappa shape index (κ1) is 14.3. The van der Waals surface area contributed by atoms with E-state index in [2.05, 4.69) is 5.32 Å². The Labute approximate surface area is 127 Å². The Balaban J connectivity index is 1.93. The molecule has 21 heavy (non-hydrogen) atoms. The molecule has 1 amide bonds. The van der Waals surface area contributed by atoms with E-state index in [9.17, 15) is 14.9 Å².